The van der Waals surface area contributed by atoms with Crippen LogP contribution < -0.4 is 20.5 Å². The number of carbonyl (C=O) groups excluding carboxylic acids is 2. The Hall–Kier alpha value is -1.99. The zero-order valence-electron chi connectivity index (χ0n) is 15.5. The van der Waals surface area contributed by atoms with Gasteiger partial charge in [0.05, 0.1) is 14.2 Å². The van der Waals surface area contributed by atoms with E-state index >= 15 is 0 Å². The van der Waals surface area contributed by atoms with Crippen LogP contribution in [0, 0.1) is 0 Å². The van der Waals surface area contributed by atoms with Crippen molar-refractivity contribution >= 4 is 24.2 Å². The van der Waals surface area contributed by atoms with Crippen LogP contribution in [-0.4, -0.2) is 56.1 Å². The summed E-state index contributed by atoms with van der Waals surface area (Å²) in [7, 11) is 3.10. The fourth-order valence-corrected chi connectivity index (χ4v) is 2.96. The molecule has 0 aromatic heterocycles. The standard InChI is InChI=1S/C18H27N3O4.ClH/c1-12(19)10-17(22)20-14-6-8-21(9-7-14)18(23)13-4-5-15(24-2)16(11-13)25-3;/h4-5,11-12,14H,6-10,19H2,1-3H3,(H,20,22);1H. The monoisotopic (exact) mass is 385 g/mol. The topological polar surface area (TPSA) is 93.9 Å². The van der Waals surface area contributed by atoms with Gasteiger partial charge in [0.2, 0.25) is 5.91 Å². The summed E-state index contributed by atoms with van der Waals surface area (Å²) in [5.74, 6) is 1.06. The molecule has 0 saturated carbocycles. The van der Waals surface area contributed by atoms with Crippen LogP contribution in [0.25, 0.3) is 0 Å². The van der Waals surface area contributed by atoms with Crippen LogP contribution in [0.15, 0.2) is 18.2 Å². The summed E-state index contributed by atoms with van der Waals surface area (Å²) < 4.78 is 10.4. The highest BCUT2D eigenvalue weighted by Crippen LogP contribution is 2.28. The average Bonchev–Trinajstić information content (AvgIpc) is 2.60. The zero-order chi connectivity index (χ0) is 18.4. The molecule has 1 saturated heterocycles. The van der Waals surface area contributed by atoms with Gasteiger partial charge in [-0.2, -0.15) is 0 Å². The Kier molecular flexibility index (Phi) is 8.68. The highest BCUT2D eigenvalue weighted by molar-refractivity contribution is 5.95. The Balaban J connectivity index is 0.00000338. The highest BCUT2D eigenvalue weighted by Gasteiger charge is 2.25. The molecule has 7 nitrogen and oxygen atoms in total. The minimum absolute atomic E-state index is 0. The molecule has 1 atom stereocenters. The molecule has 2 amide bonds. The number of piperidine rings is 1. The Bertz CT molecular complexity index is 616. The number of ether oxygens (including phenoxy) is 2. The van der Waals surface area contributed by atoms with Gasteiger partial charge in [0.1, 0.15) is 0 Å². The number of amides is 2. The molecular formula is C18H28ClN3O4. The van der Waals surface area contributed by atoms with Gasteiger partial charge >= 0.3 is 0 Å². The first-order chi connectivity index (χ1) is 11.9. The van der Waals surface area contributed by atoms with Gasteiger partial charge in [0.25, 0.3) is 5.91 Å². The lowest BCUT2D eigenvalue weighted by Crippen LogP contribution is -2.47. The van der Waals surface area contributed by atoms with Gasteiger partial charge < -0.3 is 25.4 Å². The third-order valence-corrected chi connectivity index (χ3v) is 4.29. The van der Waals surface area contributed by atoms with Crippen LogP contribution in [0.2, 0.25) is 0 Å². The van der Waals surface area contributed by atoms with Crippen molar-refractivity contribution in [3.8, 4) is 11.5 Å². The Morgan fingerprint density at radius 3 is 2.38 bits per heavy atom. The molecule has 1 aliphatic rings. The third-order valence-electron chi connectivity index (χ3n) is 4.29. The summed E-state index contributed by atoms with van der Waals surface area (Å²) in [5.41, 5.74) is 6.20. The molecule has 0 spiro atoms. The molecule has 26 heavy (non-hydrogen) atoms. The fourth-order valence-electron chi connectivity index (χ4n) is 2.96. The lowest BCUT2D eigenvalue weighted by molar-refractivity contribution is -0.122. The number of nitrogens with two attached hydrogens (primary N) is 1. The van der Waals surface area contributed by atoms with E-state index in [1.54, 1.807) is 37.3 Å². The average molecular weight is 386 g/mol. The molecule has 1 heterocycles. The largest absolute Gasteiger partial charge is 0.493 e. The number of methoxy groups -OCH3 is 2. The molecule has 146 valence electrons. The van der Waals surface area contributed by atoms with Crippen LogP contribution in [0.4, 0.5) is 0 Å². The maximum atomic E-state index is 12.7. The van der Waals surface area contributed by atoms with E-state index < -0.39 is 0 Å². The number of nitrogens with one attached hydrogen (secondary N) is 1. The second-order valence-corrected chi connectivity index (χ2v) is 6.39. The first-order valence-corrected chi connectivity index (χ1v) is 8.50. The second kappa shape index (κ2) is 10.2. The Morgan fingerprint density at radius 2 is 1.85 bits per heavy atom. The lowest BCUT2D eigenvalue weighted by Gasteiger charge is -2.32. The molecule has 2 rings (SSSR count). The first-order valence-electron chi connectivity index (χ1n) is 8.50. The van der Waals surface area contributed by atoms with E-state index in [4.69, 9.17) is 15.2 Å². The number of carbonyl (C=O) groups is 2. The van der Waals surface area contributed by atoms with Crippen LogP contribution >= 0.6 is 12.4 Å². The van der Waals surface area contributed by atoms with Gasteiger partial charge in [-0.15, -0.1) is 12.4 Å². The van der Waals surface area contributed by atoms with E-state index in [0.29, 0.717) is 36.6 Å². The van der Waals surface area contributed by atoms with Gasteiger partial charge in [-0.05, 0) is 38.0 Å². The van der Waals surface area contributed by atoms with Gasteiger partial charge in [-0.3, -0.25) is 9.59 Å². The molecular weight excluding hydrogens is 358 g/mol. The SMILES string of the molecule is COc1ccc(C(=O)N2CCC(NC(=O)CC(C)N)CC2)cc1OC.Cl. The first kappa shape index (κ1) is 22.1. The van der Waals surface area contributed by atoms with Gasteiger partial charge in [-0.25, -0.2) is 0 Å². The number of likely N-dealkylation sites (tertiary alicyclic amines) is 1. The maximum Gasteiger partial charge on any atom is 0.253 e. The molecule has 8 heteroatoms. The van der Waals surface area contributed by atoms with Crippen molar-refractivity contribution in [3.63, 3.8) is 0 Å². The number of halogens is 1. The third kappa shape index (κ3) is 5.78. The smallest absolute Gasteiger partial charge is 0.253 e. The van der Waals surface area contributed by atoms with Crippen molar-refractivity contribution in [1.29, 1.82) is 0 Å². The summed E-state index contributed by atoms with van der Waals surface area (Å²) >= 11 is 0. The number of rotatable bonds is 6. The van der Waals surface area contributed by atoms with Crippen molar-refractivity contribution in [3.05, 3.63) is 23.8 Å². The van der Waals surface area contributed by atoms with Crippen molar-refractivity contribution in [2.24, 2.45) is 5.73 Å². The molecule has 3 N–H and O–H groups in total. The highest BCUT2D eigenvalue weighted by atomic mass is 35.5. The van der Waals surface area contributed by atoms with Crippen LogP contribution in [-0.2, 0) is 4.79 Å². The van der Waals surface area contributed by atoms with Crippen molar-refractivity contribution < 1.29 is 19.1 Å². The predicted octanol–water partition coefficient (Wildman–Crippen LogP) is 1.58. The molecule has 0 bridgehead atoms. The fraction of sp³-hybridized carbons (Fsp3) is 0.556. The van der Waals surface area contributed by atoms with Crippen molar-refractivity contribution in [1.82, 2.24) is 10.2 Å². The Labute approximate surface area is 160 Å². The van der Waals surface area contributed by atoms with Gasteiger partial charge in [0, 0.05) is 37.2 Å². The molecule has 1 fully saturated rings. The second-order valence-electron chi connectivity index (χ2n) is 6.39. The van der Waals surface area contributed by atoms with E-state index in [-0.39, 0.29) is 36.3 Å². The van der Waals surface area contributed by atoms with Crippen molar-refractivity contribution in [2.75, 3.05) is 27.3 Å². The minimum atomic E-state index is -0.147. The molecule has 1 aromatic rings. The molecule has 0 aliphatic carbocycles. The summed E-state index contributed by atoms with van der Waals surface area (Å²) in [5, 5.41) is 2.99. The number of benzene rings is 1. The van der Waals surface area contributed by atoms with Crippen LogP contribution in [0.3, 0.4) is 0 Å². The predicted molar refractivity (Wildman–Crippen MR) is 102 cm³/mol. The summed E-state index contributed by atoms with van der Waals surface area (Å²) in [6.45, 7) is 3.02. The van der Waals surface area contributed by atoms with Gasteiger partial charge in [-0.1, -0.05) is 0 Å². The van der Waals surface area contributed by atoms with Gasteiger partial charge in [0.15, 0.2) is 11.5 Å². The van der Waals surface area contributed by atoms with E-state index in [9.17, 15) is 9.59 Å². The summed E-state index contributed by atoms with van der Waals surface area (Å²) in [6.07, 6.45) is 1.80. The summed E-state index contributed by atoms with van der Waals surface area (Å²) in [4.78, 5) is 26.3. The zero-order valence-corrected chi connectivity index (χ0v) is 16.3. The van der Waals surface area contributed by atoms with E-state index in [0.717, 1.165) is 12.8 Å². The Morgan fingerprint density at radius 1 is 1.23 bits per heavy atom. The molecule has 1 unspecified atom stereocenters. The minimum Gasteiger partial charge on any atom is -0.493 e. The quantitative estimate of drug-likeness (QED) is 0.775. The van der Waals surface area contributed by atoms with E-state index in [1.807, 2.05) is 6.92 Å². The van der Waals surface area contributed by atoms with E-state index in [2.05, 4.69) is 5.32 Å². The molecule has 1 aromatic carbocycles. The number of nitrogens with zero attached hydrogens (tertiary/aromatic N) is 1. The lowest BCUT2D eigenvalue weighted by atomic mass is 10.0. The summed E-state index contributed by atoms with van der Waals surface area (Å²) in [6, 6.07) is 5.11. The molecule has 1 aliphatic heterocycles. The maximum absolute atomic E-state index is 12.7. The van der Waals surface area contributed by atoms with Crippen LogP contribution in [0.1, 0.15) is 36.5 Å². The molecule has 0 radical (unpaired) electrons. The van der Waals surface area contributed by atoms with Crippen molar-refractivity contribution in [2.45, 2.75) is 38.3 Å². The normalized spacial score (nSPS) is 15.6. The number of hydrogen-bond acceptors (Lipinski definition) is 5. The van der Waals surface area contributed by atoms with E-state index in [1.165, 1.54) is 0 Å². The number of hydrogen-bond donors (Lipinski definition) is 2. The van der Waals surface area contributed by atoms with Crippen LogP contribution in [0.5, 0.6) is 11.5 Å².